The third kappa shape index (κ3) is 2.57. The van der Waals surface area contributed by atoms with Crippen molar-refractivity contribution in [1.82, 2.24) is 14.6 Å². The van der Waals surface area contributed by atoms with E-state index in [0.717, 1.165) is 25.2 Å². The van der Waals surface area contributed by atoms with Gasteiger partial charge in [-0.2, -0.15) is 4.98 Å². The van der Waals surface area contributed by atoms with E-state index in [1.54, 1.807) is 16.8 Å². The number of hydrogen-bond acceptors (Lipinski definition) is 4. The number of hydrogen-bond donors (Lipinski definition) is 1. The van der Waals surface area contributed by atoms with E-state index in [2.05, 4.69) is 15.4 Å². The van der Waals surface area contributed by atoms with Crippen LogP contribution in [0.15, 0.2) is 18.3 Å². The molecule has 0 bridgehead atoms. The monoisotopic (exact) mass is 266 g/mol. The summed E-state index contributed by atoms with van der Waals surface area (Å²) in [4.78, 5) is 4.36. The second-order valence-electron chi connectivity index (χ2n) is 4.45. The number of halogens is 1. The van der Waals surface area contributed by atoms with Gasteiger partial charge in [-0.25, -0.2) is 4.52 Å². The fourth-order valence-electron chi connectivity index (χ4n) is 2.11. The Labute approximate surface area is 110 Å². The van der Waals surface area contributed by atoms with Crippen molar-refractivity contribution >= 4 is 23.2 Å². The Morgan fingerprint density at radius 3 is 3.22 bits per heavy atom. The van der Waals surface area contributed by atoms with Crippen LogP contribution in [0.25, 0.3) is 5.65 Å². The van der Waals surface area contributed by atoms with Crippen LogP contribution >= 0.6 is 11.6 Å². The van der Waals surface area contributed by atoms with Gasteiger partial charge in [-0.15, -0.1) is 5.10 Å². The summed E-state index contributed by atoms with van der Waals surface area (Å²) in [5.41, 5.74) is 0.784. The standard InChI is InChI=1S/C12H15ClN4O/c13-9-4-5-11-15-12(16-17(11)8-9)14-7-10-3-1-2-6-18-10/h4-5,8,10H,1-3,6-7H2,(H,14,16). The van der Waals surface area contributed by atoms with E-state index in [0.29, 0.717) is 11.0 Å². The zero-order chi connectivity index (χ0) is 12.4. The molecule has 1 atom stereocenters. The number of nitrogens with one attached hydrogen (secondary N) is 1. The lowest BCUT2D eigenvalue weighted by Gasteiger charge is -2.22. The van der Waals surface area contributed by atoms with Gasteiger partial charge in [0.15, 0.2) is 5.65 Å². The Morgan fingerprint density at radius 1 is 1.44 bits per heavy atom. The molecular formula is C12H15ClN4O. The third-order valence-electron chi connectivity index (χ3n) is 3.06. The zero-order valence-electron chi connectivity index (χ0n) is 9.97. The van der Waals surface area contributed by atoms with Crippen molar-refractivity contribution in [3.05, 3.63) is 23.4 Å². The summed E-state index contributed by atoms with van der Waals surface area (Å²) in [5, 5.41) is 8.17. The number of anilines is 1. The van der Waals surface area contributed by atoms with Crippen molar-refractivity contribution in [3.8, 4) is 0 Å². The van der Waals surface area contributed by atoms with Gasteiger partial charge in [-0.05, 0) is 31.4 Å². The normalized spacial score (nSPS) is 20.2. The number of fused-ring (bicyclic) bond motifs is 1. The molecule has 0 aliphatic carbocycles. The van der Waals surface area contributed by atoms with Crippen molar-refractivity contribution < 1.29 is 4.74 Å². The molecule has 18 heavy (non-hydrogen) atoms. The zero-order valence-corrected chi connectivity index (χ0v) is 10.7. The minimum Gasteiger partial charge on any atom is -0.376 e. The molecule has 0 amide bonds. The molecule has 1 unspecified atom stereocenters. The highest BCUT2D eigenvalue weighted by Crippen LogP contribution is 2.14. The predicted octanol–water partition coefficient (Wildman–Crippen LogP) is 2.36. The van der Waals surface area contributed by atoms with Gasteiger partial charge in [0, 0.05) is 19.3 Å². The molecule has 0 saturated carbocycles. The number of nitrogens with zero attached hydrogens (tertiary/aromatic N) is 3. The summed E-state index contributed by atoms with van der Waals surface area (Å²) in [6, 6.07) is 3.65. The molecule has 1 aliphatic rings. The first-order valence-corrected chi connectivity index (χ1v) is 6.56. The van der Waals surface area contributed by atoms with E-state index in [9.17, 15) is 0 Å². The van der Waals surface area contributed by atoms with Crippen LogP contribution in [0.4, 0.5) is 5.95 Å². The molecule has 1 fully saturated rings. The highest BCUT2D eigenvalue weighted by atomic mass is 35.5. The van der Waals surface area contributed by atoms with Gasteiger partial charge in [0.05, 0.1) is 11.1 Å². The Kier molecular flexibility index (Phi) is 3.34. The summed E-state index contributed by atoms with van der Waals surface area (Å²) in [7, 11) is 0. The molecule has 6 heteroatoms. The Bertz CT molecular complexity index is 536. The average Bonchev–Trinajstić information content (AvgIpc) is 2.79. The van der Waals surface area contributed by atoms with Crippen molar-refractivity contribution in [2.75, 3.05) is 18.5 Å². The van der Waals surface area contributed by atoms with Gasteiger partial charge in [0.1, 0.15) is 0 Å². The van der Waals surface area contributed by atoms with E-state index in [1.807, 2.05) is 6.07 Å². The molecule has 3 heterocycles. The highest BCUT2D eigenvalue weighted by Gasteiger charge is 2.14. The van der Waals surface area contributed by atoms with Crippen LogP contribution in [0.3, 0.4) is 0 Å². The molecule has 2 aromatic rings. The van der Waals surface area contributed by atoms with E-state index >= 15 is 0 Å². The Hall–Kier alpha value is -1.33. The lowest BCUT2D eigenvalue weighted by molar-refractivity contribution is 0.0247. The van der Waals surface area contributed by atoms with Gasteiger partial charge >= 0.3 is 0 Å². The Morgan fingerprint density at radius 2 is 2.39 bits per heavy atom. The van der Waals surface area contributed by atoms with Crippen LogP contribution < -0.4 is 5.32 Å². The smallest absolute Gasteiger partial charge is 0.243 e. The maximum absolute atomic E-state index is 5.90. The largest absolute Gasteiger partial charge is 0.376 e. The lowest BCUT2D eigenvalue weighted by atomic mass is 10.1. The maximum Gasteiger partial charge on any atom is 0.243 e. The molecule has 0 aromatic carbocycles. The second kappa shape index (κ2) is 5.12. The SMILES string of the molecule is Clc1ccc2nc(NCC3CCCCO3)nn2c1. The van der Waals surface area contributed by atoms with E-state index < -0.39 is 0 Å². The number of ether oxygens (including phenoxy) is 1. The Balaban J connectivity index is 1.67. The van der Waals surface area contributed by atoms with Crippen molar-refractivity contribution in [2.45, 2.75) is 25.4 Å². The third-order valence-corrected chi connectivity index (χ3v) is 3.28. The first kappa shape index (κ1) is 11.7. The predicted molar refractivity (Wildman–Crippen MR) is 70.1 cm³/mol. The quantitative estimate of drug-likeness (QED) is 0.927. The molecule has 96 valence electrons. The summed E-state index contributed by atoms with van der Waals surface area (Å²) in [5.74, 6) is 0.617. The van der Waals surface area contributed by atoms with Crippen molar-refractivity contribution in [2.24, 2.45) is 0 Å². The molecule has 1 aliphatic heterocycles. The van der Waals surface area contributed by atoms with E-state index in [4.69, 9.17) is 16.3 Å². The summed E-state index contributed by atoms with van der Waals surface area (Å²) >= 11 is 5.90. The van der Waals surface area contributed by atoms with Crippen LogP contribution in [-0.4, -0.2) is 33.9 Å². The number of pyridine rings is 1. The summed E-state index contributed by atoms with van der Waals surface area (Å²) < 4.78 is 7.32. The average molecular weight is 267 g/mol. The van der Waals surface area contributed by atoms with Crippen molar-refractivity contribution in [3.63, 3.8) is 0 Å². The van der Waals surface area contributed by atoms with Crippen LogP contribution in [-0.2, 0) is 4.74 Å². The molecule has 0 radical (unpaired) electrons. The molecule has 2 aromatic heterocycles. The molecule has 1 saturated heterocycles. The minimum atomic E-state index is 0.272. The maximum atomic E-state index is 5.90. The lowest BCUT2D eigenvalue weighted by Crippen LogP contribution is -2.27. The number of aromatic nitrogens is 3. The van der Waals surface area contributed by atoms with E-state index in [1.165, 1.54) is 12.8 Å². The summed E-state index contributed by atoms with van der Waals surface area (Å²) in [6.45, 7) is 1.62. The molecule has 1 N–H and O–H groups in total. The van der Waals surface area contributed by atoms with Crippen molar-refractivity contribution in [1.29, 1.82) is 0 Å². The molecule has 3 rings (SSSR count). The highest BCUT2D eigenvalue weighted by molar-refractivity contribution is 6.30. The van der Waals surface area contributed by atoms with Gasteiger partial charge in [-0.1, -0.05) is 11.6 Å². The topological polar surface area (TPSA) is 51.5 Å². The van der Waals surface area contributed by atoms with Crippen LogP contribution in [0.1, 0.15) is 19.3 Å². The molecule has 5 nitrogen and oxygen atoms in total. The first-order chi connectivity index (χ1) is 8.81. The van der Waals surface area contributed by atoms with Crippen LogP contribution in [0.5, 0.6) is 0 Å². The van der Waals surface area contributed by atoms with Gasteiger partial charge in [0.2, 0.25) is 5.95 Å². The molecule has 0 spiro atoms. The van der Waals surface area contributed by atoms with Gasteiger partial charge in [0.25, 0.3) is 0 Å². The van der Waals surface area contributed by atoms with E-state index in [-0.39, 0.29) is 6.10 Å². The van der Waals surface area contributed by atoms with Crippen LogP contribution in [0, 0.1) is 0 Å². The van der Waals surface area contributed by atoms with Crippen LogP contribution in [0.2, 0.25) is 5.02 Å². The summed E-state index contributed by atoms with van der Waals surface area (Å²) in [6.07, 6.45) is 5.52. The first-order valence-electron chi connectivity index (χ1n) is 6.19. The fourth-order valence-corrected chi connectivity index (χ4v) is 2.26. The van der Waals surface area contributed by atoms with Gasteiger partial charge in [-0.3, -0.25) is 0 Å². The van der Waals surface area contributed by atoms with Gasteiger partial charge < -0.3 is 10.1 Å². The minimum absolute atomic E-state index is 0.272. The number of rotatable bonds is 3. The fraction of sp³-hybridized carbons (Fsp3) is 0.500. The second-order valence-corrected chi connectivity index (χ2v) is 4.89. The molecular weight excluding hydrogens is 252 g/mol.